The monoisotopic (exact) mass is 523 g/mol. The number of esters is 1. The second-order valence-corrected chi connectivity index (χ2v) is 9.54. The van der Waals surface area contributed by atoms with Crippen LogP contribution in [0.25, 0.3) is 33.9 Å². The molecule has 0 aliphatic rings. The summed E-state index contributed by atoms with van der Waals surface area (Å²) in [6.07, 6.45) is 9.13. The highest BCUT2D eigenvalue weighted by atomic mass is 16.5. The molecule has 0 fully saturated rings. The van der Waals surface area contributed by atoms with Crippen LogP contribution >= 0.6 is 0 Å². The van der Waals surface area contributed by atoms with Gasteiger partial charge >= 0.3 is 5.97 Å². The number of unbranched alkanes of at least 4 members (excludes halogenated alkanes) is 3. The van der Waals surface area contributed by atoms with Gasteiger partial charge in [0.1, 0.15) is 5.75 Å². The SMILES string of the molecule is CCCCCCOc1cccc(C)c1-c1ccc(-c2cc(C(=O)OCC)cc(-c3cc(CC)ccn3)n2)nc1. The molecule has 4 rings (SSSR count). The van der Waals surface area contributed by atoms with Gasteiger partial charge in [0.25, 0.3) is 0 Å². The highest BCUT2D eigenvalue weighted by molar-refractivity contribution is 5.92. The maximum absolute atomic E-state index is 12.7. The Bertz CT molecular complexity index is 1400. The second kappa shape index (κ2) is 13.7. The van der Waals surface area contributed by atoms with Crippen LogP contribution in [-0.2, 0) is 11.2 Å². The van der Waals surface area contributed by atoms with E-state index >= 15 is 0 Å². The van der Waals surface area contributed by atoms with Crippen molar-refractivity contribution in [1.82, 2.24) is 15.0 Å². The van der Waals surface area contributed by atoms with Crippen molar-refractivity contribution in [2.75, 3.05) is 13.2 Å². The molecule has 0 N–H and O–H groups in total. The van der Waals surface area contributed by atoms with Crippen LogP contribution in [0, 0.1) is 6.92 Å². The first-order valence-electron chi connectivity index (χ1n) is 13.9. The molecular formula is C33H37N3O3. The zero-order valence-electron chi connectivity index (χ0n) is 23.4. The van der Waals surface area contributed by atoms with Gasteiger partial charge in [-0.3, -0.25) is 9.97 Å². The summed E-state index contributed by atoms with van der Waals surface area (Å²) in [6, 6.07) is 17.5. The topological polar surface area (TPSA) is 74.2 Å². The molecule has 3 heterocycles. The standard InChI is InChI=1S/C33H37N3O3/c1-5-8-9-10-18-39-31-13-11-12-23(4)32(31)25-14-15-27(35-22-25)29-20-26(33(37)38-7-3)21-30(36-29)28-19-24(6-2)16-17-34-28/h11-17,19-22H,5-10,18H2,1-4H3. The van der Waals surface area contributed by atoms with Gasteiger partial charge in [0.15, 0.2) is 0 Å². The third-order valence-corrected chi connectivity index (χ3v) is 6.64. The summed E-state index contributed by atoms with van der Waals surface area (Å²) >= 11 is 0. The van der Waals surface area contributed by atoms with Crippen LogP contribution in [0.2, 0.25) is 0 Å². The molecule has 0 atom stereocenters. The molecule has 202 valence electrons. The Kier molecular flexibility index (Phi) is 9.79. The maximum Gasteiger partial charge on any atom is 0.338 e. The third-order valence-electron chi connectivity index (χ3n) is 6.64. The Morgan fingerprint density at radius 2 is 1.67 bits per heavy atom. The molecule has 0 amide bonds. The van der Waals surface area contributed by atoms with Gasteiger partial charge in [-0.1, -0.05) is 51.3 Å². The number of nitrogens with zero attached hydrogens (tertiary/aromatic N) is 3. The lowest BCUT2D eigenvalue weighted by Gasteiger charge is -2.14. The van der Waals surface area contributed by atoms with E-state index in [0.29, 0.717) is 41.6 Å². The Morgan fingerprint density at radius 1 is 0.846 bits per heavy atom. The molecule has 0 bridgehead atoms. The predicted octanol–water partition coefficient (Wildman–Crippen LogP) is 7.88. The molecular weight excluding hydrogens is 486 g/mol. The van der Waals surface area contributed by atoms with Crippen molar-refractivity contribution in [3.05, 3.63) is 83.7 Å². The number of hydrogen-bond acceptors (Lipinski definition) is 6. The Morgan fingerprint density at radius 3 is 2.38 bits per heavy atom. The van der Waals surface area contributed by atoms with E-state index in [1.165, 1.54) is 19.3 Å². The van der Waals surface area contributed by atoms with Gasteiger partial charge in [0, 0.05) is 23.5 Å². The van der Waals surface area contributed by atoms with Crippen molar-refractivity contribution in [2.45, 2.75) is 59.8 Å². The van der Waals surface area contributed by atoms with Gasteiger partial charge < -0.3 is 9.47 Å². The van der Waals surface area contributed by atoms with E-state index in [2.05, 4.69) is 31.8 Å². The molecule has 0 aliphatic heterocycles. The fourth-order valence-electron chi connectivity index (χ4n) is 4.49. The first-order chi connectivity index (χ1) is 19.0. The fourth-order valence-corrected chi connectivity index (χ4v) is 4.49. The van der Waals surface area contributed by atoms with Crippen molar-refractivity contribution in [3.63, 3.8) is 0 Å². The van der Waals surface area contributed by atoms with Crippen molar-refractivity contribution >= 4 is 5.97 Å². The summed E-state index contributed by atoms with van der Waals surface area (Å²) in [5.74, 6) is 0.471. The second-order valence-electron chi connectivity index (χ2n) is 9.54. The van der Waals surface area contributed by atoms with Crippen LogP contribution in [0.15, 0.2) is 67.0 Å². The van der Waals surface area contributed by atoms with E-state index in [1.54, 1.807) is 25.3 Å². The predicted molar refractivity (Wildman–Crippen MR) is 156 cm³/mol. The first-order valence-corrected chi connectivity index (χ1v) is 13.9. The van der Waals surface area contributed by atoms with E-state index in [-0.39, 0.29) is 0 Å². The minimum atomic E-state index is -0.397. The molecule has 0 saturated heterocycles. The number of ether oxygens (including phenoxy) is 2. The van der Waals surface area contributed by atoms with Gasteiger partial charge in [0.05, 0.1) is 41.6 Å². The highest BCUT2D eigenvalue weighted by Crippen LogP contribution is 2.34. The van der Waals surface area contributed by atoms with Crippen LogP contribution in [0.3, 0.4) is 0 Å². The zero-order chi connectivity index (χ0) is 27.6. The lowest BCUT2D eigenvalue weighted by molar-refractivity contribution is 0.0526. The quantitative estimate of drug-likeness (QED) is 0.139. The average molecular weight is 524 g/mol. The lowest BCUT2D eigenvalue weighted by Crippen LogP contribution is -2.06. The minimum absolute atomic E-state index is 0.293. The Labute approximate surface area is 231 Å². The maximum atomic E-state index is 12.7. The summed E-state index contributed by atoms with van der Waals surface area (Å²) in [5, 5.41) is 0. The summed E-state index contributed by atoms with van der Waals surface area (Å²) in [6.45, 7) is 9.17. The largest absolute Gasteiger partial charge is 0.493 e. The molecule has 0 unspecified atom stereocenters. The number of hydrogen-bond donors (Lipinski definition) is 0. The van der Waals surface area contributed by atoms with Gasteiger partial charge in [-0.15, -0.1) is 0 Å². The third kappa shape index (κ3) is 7.08. The number of benzene rings is 1. The van der Waals surface area contributed by atoms with Gasteiger partial charge in [-0.05, 0) is 74.2 Å². The van der Waals surface area contributed by atoms with Crippen LogP contribution in [-0.4, -0.2) is 34.1 Å². The normalized spacial score (nSPS) is 10.9. The van der Waals surface area contributed by atoms with Crippen molar-refractivity contribution < 1.29 is 14.3 Å². The van der Waals surface area contributed by atoms with Crippen molar-refractivity contribution in [1.29, 1.82) is 0 Å². The van der Waals surface area contributed by atoms with Gasteiger partial charge in [-0.25, -0.2) is 9.78 Å². The summed E-state index contributed by atoms with van der Waals surface area (Å²) in [5.41, 5.74) is 7.27. The molecule has 6 nitrogen and oxygen atoms in total. The van der Waals surface area contributed by atoms with Crippen LogP contribution in [0.4, 0.5) is 0 Å². The first kappa shape index (κ1) is 28.0. The van der Waals surface area contributed by atoms with E-state index in [1.807, 2.05) is 42.6 Å². The number of carbonyl (C=O) groups excluding carboxylic acids is 1. The van der Waals surface area contributed by atoms with Crippen molar-refractivity contribution in [2.24, 2.45) is 0 Å². The molecule has 4 aromatic rings. The summed E-state index contributed by atoms with van der Waals surface area (Å²) in [7, 11) is 0. The molecule has 0 aliphatic carbocycles. The molecule has 0 saturated carbocycles. The van der Waals surface area contributed by atoms with E-state index < -0.39 is 5.97 Å². The molecule has 3 aromatic heterocycles. The minimum Gasteiger partial charge on any atom is -0.493 e. The van der Waals surface area contributed by atoms with Crippen LogP contribution in [0.1, 0.15) is 67.9 Å². The summed E-state index contributed by atoms with van der Waals surface area (Å²) in [4.78, 5) is 26.8. The highest BCUT2D eigenvalue weighted by Gasteiger charge is 2.16. The fraction of sp³-hybridized carbons (Fsp3) is 0.333. The van der Waals surface area contributed by atoms with Gasteiger partial charge in [0.2, 0.25) is 0 Å². The molecule has 39 heavy (non-hydrogen) atoms. The Hall–Kier alpha value is -4.06. The molecule has 1 aromatic carbocycles. The number of carbonyl (C=O) groups is 1. The zero-order valence-corrected chi connectivity index (χ0v) is 23.4. The number of aromatic nitrogens is 3. The number of rotatable bonds is 12. The smallest absolute Gasteiger partial charge is 0.338 e. The number of pyridine rings is 3. The average Bonchev–Trinajstić information content (AvgIpc) is 2.97. The summed E-state index contributed by atoms with van der Waals surface area (Å²) < 4.78 is 11.5. The van der Waals surface area contributed by atoms with E-state index in [9.17, 15) is 4.79 Å². The van der Waals surface area contributed by atoms with E-state index in [0.717, 1.165) is 40.8 Å². The van der Waals surface area contributed by atoms with Crippen molar-refractivity contribution in [3.8, 4) is 39.7 Å². The molecule has 0 spiro atoms. The molecule has 6 heteroatoms. The molecule has 0 radical (unpaired) electrons. The van der Waals surface area contributed by atoms with Crippen LogP contribution < -0.4 is 4.74 Å². The lowest BCUT2D eigenvalue weighted by atomic mass is 10.0. The van der Waals surface area contributed by atoms with Gasteiger partial charge in [-0.2, -0.15) is 0 Å². The van der Waals surface area contributed by atoms with E-state index in [4.69, 9.17) is 19.4 Å². The van der Waals surface area contributed by atoms with Crippen LogP contribution in [0.5, 0.6) is 5.75 Å². The number of aryl methyl sites for hydroxylation is 2. The Balaban J connectivity index is 1.67.